The number of benzene rings is 1. The topological polar surface area (TPSA) is 32.3 Å². The summed E-state index contributed by atoms with van der Waals surface area (Å²) in [6, 6.07) is 6.74. The third kappa shape index (κ3) is 2.63. The molecule has 0 spiro atoms. The Kier molecular flexibility index (Phi) is 4.06. The van der Waals surface area contributed by atoms with Crippen LogP contribution in [0.3, 0.4) is 0 Å². The second-order valence-electron chi connectivity index (χ2n) is 4.91. The number of nitrogens with one attached hydrogen (secondary N) is 1. The largest absolute Gasteiger partial charge is 0.391 e. The Labute approximate surface area is 104 Å². The van der Waals surface area contributed by atoms with Crippen molar-refractivity contribution in [2.75, 3.05) is 5.32 Å². The SMILES string of the molecule is CCc1cccc(CC)c1N[C@H]1CCC[C@@H]1O. The van der Waals surface area contributed by atoms with Gasteiger partial charge in [0.1, 0.15) is 0 Å². The lowest BCUT2D eigenvalue weighted by Crippen LogP contribution is -2.28. The number of aliphatic hydroxyl groups is 1. The van der Waals surface area contributed by atoms with Gasteiger partial charge in [-0.3, -0.25) is 0 Å². The van der Waals surface area contributed by atoms with Crippen molar-refractivity contribution in [1.29, 1.82) is 0 Å². The summed E-state index contributed by atoms with van der Waals surface area (Å²) in [6.07, 6.45) is 5.06. The molecule has 0 amide bonds. The monoisotopic (exact) mass is 233 g/mol. The second-order valence-corrected chi connectivity index (χ2v) is 4.91. The van der Waals surface area contributed by atoms with Crippen LogP contribution in [-0.2, 0) is 12.8 Å². The number of aryl methyl sites for hydroxylation is 2. The van der Waals surface area contributed by atoms with Gasteiger partial charge < -0.3 is 10.4 Å². The Balaban J connectivity index is 2.23. The van der Waals surface area contributed by atoms with E-state index in [-0.39, 0.29) is 12.1 Å². The van der Waals surface area contributed by atoms with Crippen molar-refractivity contribution in [2.24, 2.45) is 0 Å². The molecule has 1 fully saturated rings. The van der Waals surface area contributed by atoms with Crippen LogP contribution in [0.15, 0.2) is 18.2 Å². The lowest BCUT2D eigenvalue weighted by molar-refractivity contribution is 0.172. The zero-order valence-electron chi connectivity index (χ0n) is 10.9. The summed E-state index contributed by atoms with van der Waals surface area (Å²) >= 11 is 0. The molecule has 0 radical (unpaired) electrons. The Hall–Kier alpha value is -1.02. The van der Waals surface area contributed by atoms with E-state index < -0.39 is 0 Å². The van der Waals surface area contributed by atoms with Gasteiger partial charge in [0.15, 0.2) is 0 Å². The normalized spacial score (nSPS) is 23.9. The molecule has 2 rings (SSSR count). The molecule has 1 aliphatic rings. The van der Waals surface area contributed by atoms with Crippen LogP contribution >= 0.6 is 0 Å². The van der Waals surface area contributed by atoms with Crippen LogP contribution in [0.25, 0.3) is 0 Å². The lowest BCUT2D eigenvalue weighted by atomic mass is 10.0. The molecule has 1 aromatic rings. The first-order valence-corrected chi connectivity index (χ1v) is 6.81. The van der Waals surface area contributed by atoms with E-state index in [0.717, 1.165) is 32.1 Å². The molecular formula is C15H23NO. The highest BCUT2D eigenvalue weighted by Crippen LogP contribution is 2.28. The van der Waals surface area contributed by atoms with Crippen LogP contribution in [0.1, 0.15) is 44.2 Å². The molecule has 2 atom stereocenters. The van der Waals surface area contributed by atoms with Gasteiger partial charge in [0, 0.05) is 5.69 Å². The number of hydrogen-bond acceptors (Lipinski definition) is 2. The van der Waals surface area contributed by atoms with E-state index in [2.05, 4.69) is 37.4 Å². The van der Waals surface area contributed by atoms with E-state index in [1.54, 1.807) is 0 Å². The first-order valence-electron chi connectivity index (χ1n) is 6.81. The van der Waals surface area contributed by atoms with Crippen LogP contribution in [0.4, 0.5) is 5.69 Å². The van der Waals surface area contributed by atoms with Gasteiger partial charge in [-0.2, -0.15) is 0 Å². The number of hydrogen-bond donors (Lipinski definition) is 2. The van der Waals surface area contributed by atoms with Gasteiger partial charge in [-0.25, -0.2) is 0 Å². The fraction of sp³-hybridized carbons (Fsp3) is 0.600. The first-order chi connectivity index (χ1) is 8.26. The van der Waals surface area contributed by atoms with Crippen molar-refractivity contribution in [2.45, 2.75) is 58.1 Å². The standard InChI is InChI=1S/C15H23NO/c1-3-11-7-5-8-12(4-2)15(11)16-13-9-6-10-14(13)17/h5,7-8,13-14,16-17H,3-4,6,9-10H2,1-2H3/t13-,14-/m0/s1. The van der Waals surface area contributed by atoms with Gasteiger partial charge in [-0.15, -0.1) is 0 Å². The third-order valence-corrected chi connectivity index (χ3v) is 3.81. The van der Waals surface area contributed by atoms with Crippen LogP contribution in [0.5, 0.6) is 0 Å². The van der Waals surface area contributed by atoms with Crippen LogP contribution < -0.4 is 5.32 Å². The van der Waals surface area contributed by atoms with E-state index in [1.165, 1.54) is 16.8 Å². The minimum absolute atomic E-state index is 0.176. The average Bonchev–Trinajstić information content (AvgIpc) is 2.75. The second kappa shape index (κ2) is 5.54. The molecule has 0 aliphatic heterocycles. The highest BCUT2D eigenvalue weighted by atomic mass is 16.3. The zero-order valence-corrected chi connectivity index (χ0v) is 10.9. The van der Waals surface area contributed by atoms with Crippen molar-refractivity contribution < 1.29 is 5.11 Å². The fourth-order valence-electron chi connectivity index (χ4n) is 2.72. The molecule has 0 aromatic heterocycles. The van der Waals surface area contributed by atoms with Gasteiger partial charge in [-0.1, -0.05) is 32.0 Å². The van der Waals surface area contributed by atoms with Crippen LogP contribution in [0.2, 0.25) is 0 Å². The van der Waals surface area contributed by atoms with E-state index in [0.29, 0.717) is 0 Å². The van der Waals surface area contributed by atoms with Gasteiger partial charge in [0.2, 0.25) is 0 Å². The minimum Gasteiger partial charge on any atom is -0.391 e. The Morgan fingerprint density at radius 1 is 1.18 bits per heavy atom. The maximum Gasteiger partial charge on any atom is 0.0741 e. The Morgan fingerprint density at radius 3 is 2.29 bits per heavy atom. The first kappa shape index (κ1) is 12.4. The third-order valence-electron chi connectivity index (χ3n) is 3.81. The Bertz CT molecular complexity index is 353. The lowest BCUT2D eigenvalue weighted by Gasteiger charge is -2.22. The van der Waals surface area contributed by atoms with Crippen molar-refractivity contribution in [3.05, 3.63) is 29.3 Å². The molecule has 94 valence electrons. The summed E-state index contributed by atoms with van der Waals surface area (Å²) < 4.78 is 0. The predicted octanol–water partition coefficient (Wildman–Crippen LogP) is 3.14. The van der Waals surface area contributed by atoms with Crippen molar-refractivity contribution in [3.8, 4) is 0 Å². The highest BCUT2D eigenvalue weighted by Gasteiger charge is 2.25. The molecule has 1 aliphatic carbocycles. The Morgan fingerprint density at radius 2 is 1.82 bits per heavy atom. The summed E-state index contributed by atoms with van der Waals surface area (Å²) in [5.41, 5.74) is 4.00. The summed E-state index contributed by atoms with van der Waals surface area (Å²) in [5.74, 6) is 0. The van der Waals surface area contributed by atoms with Crippen LogP contribution in [0, 0.1) is 0 Å². The number of para-hydroxylation sites is 1. The van der Waals surface area contributed by atoms with E-state index in [4.69, 9.17) is 0 Å². The molecule has 2 N–H and O–H groups in total. The number of rotatable bonds is 4. The van der Waals surface area contributed by atoms with Crippen molar-refractivity contribution in [3.63, 3.8) is 0 Å². The quantitative estimate of drug-likeness (QED) is 0.837. The summed E-state index contributed by atoms with van der Waals surface area (Å²) in [6.45, 7) is 4.37. The van der Waals surface area contributed by atoms with Gasteiger partial charge in [-0.05, 0) is 43.2 Å². The number of aliphatic hydroxyl groups excluding tert-OH is 1. The number of anilines is 1. The summed E-state index contributed by atoms with van der Waals surface area (Å²) in [7, 11) is 0. The fourth-order valence-corrected chi connectivity index (χ4v) is 2.72. The van der Waals surface area contributed by atoms with E-state index >= 15 is 0 Å². The molecule has 2 nitrogen and oxygen atoms in total. The average molecular weight is 233 g/mol. The smallest absolute Gasteiger partial charge is 0.0741 e. The predicted molar refractivity (Wildman–Crippen MR) is 72.5 cm³/mol. The molecule has 17 heavy (non-hydrogen) atoms. The maximum absolute atomic E-state index is 9.91. The molecular weight excluding hydrogens is 210 g/mol. The van der Waals surface area contributed by atoms with Crippen LogP contribution in [-0.4, -0.2) is 17.3 Å². The van der Waals surface area contributed by atoms with Gasteiger partial charge >= 0.3 is 0 Å². The van der Waals surface area contributed by atoms with Crippen molar-refractivity contribution >= 4 is 5.69 Å². The molecule has 2 heteroatoms. The molecule has 1 aromatic carbocycles. The highest BCUT2D eigenvalue weighted by molar-refractivity contribution is 5.58. The zero-order chi connectivity index (χ0) is 12.3. The summed E-state index contributed by atoms with van der Waals surface area (Å²) in [4.78, 5) is 0. The molecule has 0 saturated heterocycles. The van der Waals surface area contributed by atoms with Gasteiger partial charge in [0.05, 0.1) is 12.1 Å². The van der Waals surface area contributed by atoms with Crippen molar-refractivity contribution in [1.82, 2.24) is 0 Å². The minimum atomic E-state index is -0.176. The molecule has 0 unspecified atom stereocenters. The van der Waals surface area contributed by atoms with E-state index in [1.807, 2.05) is 0 Å². The maximum atomic E-state index is 9.91. The van der Waals surface area contributed by atoms with Gasteiger partial charge in [0.25, 0.3) is 0 Å². The summed E-state index contributed by atoms with van der Waals surface area (Å²) in [5, 5.41) is 13.5. The molecule has 1 saturated carbocycles. The molecule has 0 bridgehead atoms. The van der Waals surface area contributed by atoms with E-state index in [9.17, 15) is 5.11 Å². The molecule has 0 heterocycles.